The van der Waals surface area contributed by atoms with Gasteiger partial charge in [-0.1, -0.05) is 44.3 Å². The third kappa shape index (κ3) is 7.92. The van der Waals surface area contributed by atoms with Crippen molar-refractivity contribution in [3.8, 4) is 12.3 Å². The fraction of sp³-hybridized carbons (Fsp3) is 0.714. The fourth-order valence-electron chi connectivity index (χ4n) is 1.46. The van der Waals surface area contributed by atoms with Gasteiger partial charge in [0.2, 0.25) is 0 Å². The van der Waals surface area contributed by atoms with E-state index in [2.05, 4.69) is 32.8 Å². The van der Waals surface area contributed by atoms with Gasteiger partial charge in [0.05, 0.1) is 0 Å². The Hall–Kier alpha value is -0.700. The van der Waals surface area contributed by atoms with E-state index in [0.717, 1.165) is 6.42 Å². The Balaban J connectivity index is 3.60. The smallest absolute Gasteiger partial charge is 0.0234 e. The Labute approximate surface area is 89.8 Å². The molecule has 0 aromatic rings. The first-order valence-corrected chi connectivity index (χ1v) is 5.80. The summed E-state index contributed by atoms with van der Waals surface area (Å²) in [6.07, 6.45) is 15.3. The highest BCUT2D eigenvalue weighted by Gasteiger charge is 2.02. The van der Waals surface area contributed by atoms with Crippen molar-refractivity contribution in [3.63, 3.8) is 0 Å². The number of rotatable bonds is 7. The molecule has 0 aliphatic heterocycles. The average Bonchev–Trinajstić information content (AvgIpc) is 2.16. The first-order valence-electron chi connectivity index (χ1n) is 5.80. The van der Waals surface area contributed by atoms with Crippen molar-refractivity contribution in [1.82, 2.24) is 0 Å². The first kappa shape index (κ1) is 13.3. The van der Waals surface area contributed by atoms with Gasteiger partial charge < -0.3 is 0 Å². The van der Waals surface area contributed by atoms with Crippen LogP contribution in [-0.2, 0) is 0 Å². The second-order valence-electron chi connectivity index (χ2n) is 4.23. The van der Waals surface area contributed by atoms with Gasteiger partial charge in [-0.25, -0.2) is 0 Å². The molecule has 1 unspecified atom stereocenters. The van der Waals surface area contributed by atoms with Crippen molar-refractivity contribution >= 4 is 0 Å². The summed E-state index contributed by atoms with van der Waals surface area (Å²) in [5, 5.41) is 0. The van der Waals surface area contributed by atoms with Crippen LogP contribution in [0.4, 0.5) is 0 Å². The van der Waals surface area contributed by atoms with Gasteiger partial charge >= 0.3 is 0 Å². The number of hydrogen-bond donors (Lipinski definition) is 0. The van der Waals surface area contributed by atoms with Crippen LogP contribution in [0, 0.1) is 18.3 Å². The van der Waals surface area contributed by atoms with E-state index in [1.807, 2.05) is 0 Å². The second kappa shape index (κ2) is 8.88. The van der Waals surface area contributed by atoms with E-state index in [4.69, 9.17) is 6.42 Å². The van der Waals surface area contributed by atoms with Gasteiger partial charge in [-0.2, -0.15) is 0 Å². The molecule has 0 amide bonds. The molecule has 14 heavy (non-hydrogen) atoms. The molecule has 0 nitrogen and oxygen atoms in total. The fourth-order valence-corrected chi connectivity index (χ4v) is 1.46. The molecule has 0 aromatic heterocycles. The lowest BCUT2D eigenvalue weighted by atomic mass is 9.97. The summed E-state index contributed by atoms with van der Waals surface area (Å²) in [6, 6.07) is 0. The molecule has 80 valence electrons. The van der Waals surface area contributed by atoms with Gasteiger partial charge in [0.25, 0.3) is 0 Å². The lowest BCUT2D eigenvalue weighted by Crippen LogP contribution is -1.95. The molecule has 0 aliphatic carbocycles. The highest BCUT2D eigenvalue weighted by molar-refractivity contribution is 5.01. The minimum absolute atomic E-state index is 0.460. The van der Waals surface area contributed by atoms with E-state index in [9.17, 15) is 0 Å². The van der Waals surface area contributed by atoms with Crippen molar-refractivity contribution in [2.45, 2.75) is 59.3 Å². The number of unbranched alkanes of at least 4 members (excludes halogenated alkanes) is 3. The Kier molecular flexibility index (Phi) is 8.43. The topological polar surface area (TPSA) is 0 Å². The predicted octanol–water partition coefficient (Wildman–Crippen LogP) is 4.56. The van der Waals surface area contributed by atoms with Crippen LogP contribution in [0.2, 0.25) is 0 Å². The summed E-state index contributed by atoms with van der Waals surface area (Å²) in [4.78, 5) is 0. The van der Waals surface area contributed by atoms with E-state index < -0.39 is 0 Å². The van der Waals surface area contributed by atoms with Gasteiger partial charge in [0.1, 0.15) is 0 Å². The zero-order valence-electron chi connectivity index (χ0n) is 9.97. The maximum atomic E-state index is 5.49. The molecule has 0 heterocycles. The quantitative estimate of drug-likeness (QED) is 0.315. The maximum absolute atomic E-state index is 5.49. The maximum Gasteiger partial charge on any atom is 0.0234 e. The van der Waals surface area contributed by atoms with Crippen LogP contribution in [0.15, 0.2) is 11.6 Å². The monoisotopic (exact) mass is 192 g/mol. The number of hydrogen-bond acceptors (Lipinski definition) is 0. The molecule has 0 bridgehead atoms. The first-order chi connectivity index (χ1) is 6.70. The van der Waals surface area contributed by atoms with Gasteiger partial charge in [-0.15, -0.1) is 12.3 Å². The summed E-state index contributed by atoms with van der Waals surface area (Å²) >= 11 is 0. The molecular formula is C14H24. The van der Waals surface area contributed by atoms with Crippen LogP contribution < -0.4 is 0 Å². The molecule has 0 fully saturated rings. The Bertz CT molecular complexity index is 189. The van der Waals surface area contributed by atoms with Crippen molar-refractivity contribution in [2.24, 2.45) is 5.92 Å². The molecule has 0 heteroatoms. The predicted molar refractivity (Wildman–Crippen MR) is 65.1 cm³/mol. The van der Waals surface area contributed by atoms with E-state index in [0.29, 0.717) is 5.92 Å². The van der Waals surface area contributed by atoms with E-state index in [1.165, 1.54) is 37.7 Å². The summed E-state index contributed by atoms with van der Waals surface area (Å²) in [5.74, 6) is 3.35. The zero-order valence-corrected chi connectivity index (χ0v) is 9.97. The van der Waals surface area contributed by atoms with Crippen molar-refractivity contribution in [3.05, 3.63) is 11.6 Å². The lowest BCUT2D eigenvalue weighted by molar-refractivity contribution is 0.546. The highest BCUT2D eigenvalue weighted by atomic mass is 14.1. The number of terminal acetylenes is 1. The van der Waals surface area contributed by atoms with E-state index >= 15 is 0 Å². The number of allylic oxidation sites excluding steroid dienone is 2. The summed E-state index contributed by atoms with van der Waals surface area (Å²) in [5.41, 5.74) is 1.37. The summed E-state index contributed by atoms with van der Waals surface area (Å²) < 4.78 is 0. The highest BCUT2D eigenvalue weighted by Crippen LogP contribution is 2.14. The van der Waals surface area contributed by atoms with Gasteiger partial charge in [-0.05, 0) is 26.7 Å². The molecule has 0 N–H and O–H groups in total. The second-order valence-corrected chi connectivity index (χ2v) is 4.23. The summed E-state index contributed by atoms with van der Waals surface area (Å²) in [6.45, 7) is 6.50. The molecule has 0 aliphatic rings. The molecule has 0 spiro atoms. The molecule has 0 aromatic carbocycles. The van der Waals surface area contributed by atoms with Crippen LogP contribution in [-0.4, -0.2) is 0 Å². The Morgan fingerprint density at radius 1 is 1.29 bits per heavy atom. The normalized spacial score (nSPS) is 11.9. The van der Waals surface area contributed by atoms with E-state index in [-0.39, 0.29) is 0 Å². The lowest BCUT2D eigenvalue weighted by Gasteiger charge is -2.07. The Morgan fingerprint density at radius 3 is 2.50 bits per heavy atom. The average molecular weight is 192 g/mol. The minimum Gasteiger partial charge on any atom is -0.120 e. The summed E-state index contributed by atoms with van der Waals surface area (Å²) in [7, 11) is 0. The SMILES string of the molecule is C#CC(CC=C(C)C)CCCCCC. The van der Waals surface area contributed by atoms with Crippen LogP contribution in [0.3, 0.4) is 0 Å². The van der Waals surface area contributed by atoms with E-state index in [1.54, 1.807) is 0 Å². The van der Waals surface area contributed by atoms with Crippen molar-refractivity contribution < 1.29 is 0 Å². The molecule has 0 saturated carbocycles. The van der Waals surface area contributed by atoms with Gasteiger partial charge in [0.15, 0.2) is 0 Å². The molecule has 0 saturated heterocycles. The van der Waals surface area contributed by atoms with Crippen molar-refractivity contribution in [1.29, 1.82) is 0 Å². The third-order valence-corrected chi connectivity index (χ3v) is 2.45. The molecular weight excluding hydrogens is 168 g/mol. The minimum atomic E-state index is 0.460. The largest absolute Gasteiger partial charge is 0.120 e. The molecule has 0 rings (SSSR count). The molecule has 0 radical (unpaired) electrons. The van der Waals surface area contributed by atoms with Crippen LogP contribution >= 0.6 is 0 Å². The third-order valence-electron chi connectivity index (χ3n) is 2.45. The van der Waals surface area contributed by atoms with Gasteiger partial charge in [0, 0.05) is 5.92 Å². The Morgan fingerprint density at radius 2 is 2.00 bits per heavy atom. The van der Waals surface area contributed by atoms with Gasteiger partial charge in [-0.3, -0.25) is 0 Å². The zero-order chi connectivity index (χ0) is 10.8. The van der Waals surface area contributed by atoms with Crippen LogP contribution in [0.5, 0.6) is 0 Å². The molecule has 1 atom stereocenters. The van der Waals surface area contributed by atoms with Crippen LogP contribution in [0.25, 0.3) is 0 Å². The van der Waals surface area contributed by atoms with Crippen molar-refractivity contribution in [2.75, 3.05) is 0 Å². The standard InChI is InChI=1S/C14H24/c1-5-7-8-9-10-14(6-2)12-11-13(3)4/h2,11,14H,5,7-10,12H2,1,3-4H3. The van der Waals surface area contributed by atoms with Crippen LogP contribution in [0.1, 0.15) is 59.3 Å².